The highest BCUT2D eigenvalue weighted by molar-refractivity contribution is 5.72. The van der Waals surface area contributed by atoms with Gasteiger partial charge in [0.1, 0.15) is 0 Å². The van der Waals surface area contributed by atoms with Crippen LogP contribution in [0.15, 0.2) is 37.2 Å². The SMILES string of the molecule is C=Cc1cc2cc(-c3ccnn3C)cn2c(C(C)N2CCOCC2)c1C. The molecule has 5 heteroatoms. The van der Waals surface area contributed by atoms with Crippen LogP contribution < -0.4 is 0 Å². The Morgan fingerprint density at radius 2 is 2.04 bits per heavy atom. The predicted molar refractivity (Wildman–Crippen MR) is 105 cm³/mol. The third kappa shape index (κ3) is 2.77. The quantitative estimate of drug-likeness (QED) is 0.720. The van der Waals surface area contributed by atoms with Crippen molar-refractivity contribution in [3.8, 4) is 11.3 Å². The van der Waals surface area contributed by atoms with Gasteiger partial charge in [0.05, 0.1) is 18.9 Å². The van der Waals surface area contributed by atoms with E-state index in [-0.39, 0.29) is 0 Å². The summed E-state index contributed by atoms with van der Waals surface area (Å²) < 4.78 is 9.80. The monoisotopic (exact) mass is 350 g/mol. The van der Waals surface area contributed by atoms with E-state index in [2.05, 4.69) is 59.2 Å². The van der Waals surface area contributed by atoms with Crippen LogP contribution in [0.3, 0.4) is 0 Å². The smallest absolute Gasteiger partial charge is 0.0694 e. The van der Waals surface area contributed by atoms with Crippen LogP contribution in [0, 0.1) is 6.92 Å². The summed E-state index contributed by atoms with van der Waals surface area (Å²) in [5, 5.41) is 4.31. The number of pyridine rings is 1. The van der Waals surface area contributed by atoms with E-state index >= 15 is 0 Å². The molecule has 3 aromatic heterocycles. The molecule has 0 bridgehead atoms. The first-order chi connectivity index (χ1) is 12.6. The second kappa shape index (κ2) is 6.74. The van der Waals surface area contributed by atoms with Crippen molar-refractivity contribution in [2.45, 2.75) is 19.9 Å². The second-order valence-corrected chi connectivity index (χ2v) is 7.00. The first-order valence-corrected chi connectivity index (χ1v) is 9.18. The Balaban J connectivity index is 1.88. The largest absolute Gasteiger partial charge is 0.379 e. The standard InChI is InChI=1S/C21H26N4O/c1-5-17-12-19-13-18(20-6-7-22-23(20)4)14-25(19)21(15(17)2)16(3)24-8-10-26-11-9-24/h5-7,12-14,16H,1,8-11H2,2-4H3. The maximum Gasteiger partial charge on any atom is 0.0694 e. The number of morpholine rings is 1. The number of ether oxygens (including phenoxy) is 1. The lowest BCUT2D eigenvalue weighted by atomic mass is 10.0. The van der Waals surface area contributed by atoms with Gasteiger partial charge in [-0.3, -0.25) is 9.58 Å². The van der Waals surface area contributed by atoms with Crippen LogP contribution in [0.5, 0.6) is 0 Å². The first-order valence-electron chi connectivity index (χ1n) is 9.18. The van der Waals surface area contributed by atoms with Crippen molar-refractivity contribution in [3.05, 3.63) is 54.0 Å². The molecule has 1 saturated heterocycles. The Kier molecular flexibility index (Phi) is 4.42. The molecule has 5 nitrogen and oxygen atoms in total. The molecule has 0 saturated carbocycles. The summed E-state index contributed by atoms with van der Waals surface area (Å²) >= 11 is 0. The normalized spacial score (nSPS) is 16.9. The van der Waals surface area contributed by atoms with Gasteiger partial charge in [-0.25, -0.2) is 0 Å². The van der Waals surface area contributed by atoms with Gasteiger partial charge in [0.2, 0.25) is 0 Å². The average Bonchev–Trinajstić information content (AvgIpc) is 3.27. The zero-order valence-corrected chi connectivity index (χ0v) is 15.8. The summed E-state index contributed by atoms with van der Waals surface area (Å²) in [6.45, 7) is 12.1. The van der Waals surface area contributed by atoms with Gasteiger partial charge in [0, 0.05) is 55.3 Å². The maximum absolute atomic E-state index is 5.54. The van der Waals surface area contributed by atoms with E-state index in [1.54, 1.807) is 0 Å². The Morgan fingerprint density at radius 1 is 1.27 bits per heavy atom. The van der Waals surface area contributed by atoms with Gasteiger partial charge in [-0.2, -0.15) is 5.10 Å². The van der Waals surface area contributed by atoms with Crippen molar-refractivity contribution < 1.29 is 4.74 Å². The molecule has 3 aromatic rings. The van der Waals surface area contributed by atoms with Crippen LogP contribution in [-0.4, -0.2) is 45.4 Å². The van der Waals surface area contributed by atoms with Gasteiger partial charge in [0.25, 0.3) is 0 Å². The van der Waals surface area contributed by atoms with Crippen LogP contribution in [0.4, 0.5) is 0 Å². The molecule has 0 N–H and O–H groups in total. The zero-order valence-electron chi connectivity index (χ0n) is 15.8. The van der Waals surface area contributed by atoms with Crippen LogP contribution in [0.2, 0.25) is 0 Å². The van der Waals surface area contributed by atoms with Crippen molar-refractivity contribution in [1.29, 1.82) is 0 Å². The highest BCUT2D eigenvalue weighted by Gasteiger charge is 2.23. The molecule has 1 aliphatic rings. The topological polar surface area (TPSA) is 34.7 Å². The Morgan fingerprint density at radius 3 is 2.69 bits per heavy atom. The first kappa shape index (κ1) is 17.1. The lowest BCUT2D eigenvalue weighted by Gasteiger charge is -2.34. The molecule has 4 heterocycles. The lowest BCUT2D eigenvalue weighted by Crippen LogP contribution is -2.38. The number of fused-ring (bicyclic) bond motifs is 1. The minimum Gasteiger partial charge on any atom is -0.379 e. The van der Waals surface area contributed by atoms with Crippen LogP contribution >= 0.6 is 0 Å². The second-order valence-electron chi connectivity index (χ2n) is 7.00. The van der Waals surface area contributed by atoms with E-state index in [1.165, 1.54) is 27.9 Å². The minimum atomic E-state index is 0.313. The molecular formula is C21H26N4O. The van der Waals surface area contributed by atoms with E-state index in [9.17, 15) is 0 Å². The summed E-state index contributed by atoms with van der Waals surface area (Å²) in [5.74, 6) is 0. The summed E-state index contributed by atoms with van der Waals surface area (Å²) in [4.78, 5) is 2.50. The number of hydrogen-bond donors (Lipinski definition) is 0. The molecule has 136 valence electrons. The fourth-order valence-corrected chi connectivity index (χ4v) is 4.06. The van der Waals surface area contributed by atoms with E-state index in [0.717, 1.165) is 32.0 Å². The molecular weight excluding hydrogens is 324 g/mol. The van der Waals surface area contributed by atoms with Gasteiger partial charge >= 0.3 is 0 Å². The number of nitrogens with zero attached hydrogens (tertiary/aromatic N) is 4. The Hall–Kier alpha value is -2.37. The summed E-state index contributed by atoms with van der Waals surface area (Å²) in [6.07, 6.45) is 6.04. The third-order valence-electron chi connectivity index (χ3n) is 5.56. The molecule has 1 aliphatic heterocycles. The summed E-state index contributed by atoms with van der Waals surface area (Å²) in [6, 6.07) is 6.82. The molecule has 0 spiro atoms. The van der Waals surface area contributed by atoms with Crippen molar-refractivity contribution in [3.63, 3.8) is 0 Å². The van der Waals surface area contributed by atoms with E-state index in [0.29, 0.717) is 6.04 Å². The molecule has 4 rings (SSSR count). The van der Waals surface area contributed by atoms with Crippen LogP contribution in [0.1, 0.15) is 29.8 Å². The van der Waals surface area contributed by atoms with Crippen LogP contribution in [-0.2, 0) is 11.8 Å². The number of hydrogen-bond acceptors (Lipinski definition) is 3. The maximum atomic E-state index is 5.54. The van der Waals surface area contributed by atoms with Crippen molar-refractivity contribution in [1.82, 2.24) is 19.1 Å². The van der Waals surface area contributed by atoms with Crippen molar-refractivity contribution in [2.75, 3.05) is 26.3 Å². The highest BCUT2D eigenvalue weighted by atomic mass is 16.5. The predicted octanol–water partition coefficient (Wildman–Crippen LogP) is 3.68. The molecule has 0 aliphatic carbocycles. The van der Waals surface area contributed by atoms with Crippen molar-refractivity contribution in [2.24, 2.45) is 7.05 Å². The molecule has 0 radical (unpaired) electrons. The van der Waals surface area contributed by atoms with Gasteiger partial charge < -0.3 is 9.14 Å². The zero-order chi connectivity index (χ0) is 18.3. The Bertz CT molecular complexity index is 946. The molecule has 1 fully saturated rings. The molecule has 26 heavy (non-hydrogen) atoms. The fourth-order valence-electron chi connectivity index (χ4n) is 4.06. The van der Waals surface area contributed by atoms with E-state index in [1.807, 2.05) is 24.0 Å². The number of aromatic nitrogens is 3. The van der Waals surface area contributed by atoms with Crippen LogP contribution in [0.25, 0.3) is 22.9 Å². The molecule has 0 amide bonds. The summed E-state index contributed by atoms with van der Waals surface area (Å²) in [5.41, 5.74) is 7.31. The van der Waals surface area contributed by atoms with Gasteiger partial charge in [-0.15, -0.1) is 0 Å². The fraction of sp³-hybridized carbons (Fsp3) is 0.381. The van der Waals surface area contributed by atoms with E-state index in [4.69, 9.17) is 4.74 Å². The summed E-state index contributed by atoms with van der Waals surface area (Å²) in [7, 11) is 1.98. The third-order valence-corrected chi connectivity index (χ3v) is 5.56. The number of aryl methyl sites for hydroxylation is 1. The van der Waals surface area contributed by atoms with Gasteiger partial charge in [-0.1, -0.05) is 12.7 Å². The molecule has 1 atom stereocenters. The average molecular weight is 350 g/mol. The number of rotatable bonds is 4. The molecule has 1 unspecified atom stereocenters. The van der Waals surface area contributed by atoms with Gasteiger partial charge in [0.15, 0.2) is 0 Å². The van der Waals surface area contributed by atoms with E-state index < -0.39 is 0 Å². The lowest BCUT2D eigenvalue weighted by molar-refractivity contribution is 0.0187. The minimum absolute atomic E-state index is 0.313. The van der Waals surface area contributed by atoms with Gasteiger partial charge in [-0.05, 0) is 43.2 Å². The highest BCUT2D eigenvalue weighted by Crippen LogP contribution is 2.32. The van der Waals surface area contributed by atoms with Crippen molar-refractivity contribution >= 4 is 11.6 Å². The molecule has 0 aromatic carbocycles. The Labute approximate surface area is 154 Å².